The van der Waals surface area contributed by atoms with E-state index in [1.165, 1.54) is 22.6 Å². The Bertz CT molecular complexity index is 975. The van der Waals surface area contributed by atoms with Crippen LogP contribution < -0.4 is 15.4 Å². The molecule has 1 saturated heterocycles. The van der Waals surface area contributed by atoms with Crippen molar-refractivity contribution in [2.24, 2.45) is 17.8 Å². The smallest absolute Gasteiger partial charge is 0.407 e. The fraction of sp³-hybridized carbons (Fsp3) is 0.571. The number of nitrogens with zero attached hydrogens (tertiary/aromatic N) is 2. The number of sulfonamides is 1. The Hall–Kier alpha value is -2.66. The second-order valence-corrected chi connectivity index (χ2v) is 11.0. The first-order chi connectivity index (χ1) is 14.9. The van der Waals surface area contributed by atoms with Crippen LogP contribution in [0.1, 0.15) is 20.8 Å². The molecule has 32 heavy (non-hydrogen) atoms. The third-order valence-electron chi connectivity index (χ3n) is 5.36. The molecule has 176 valence electrons. The van der Waals surface area contributed by atoms with Crippen molar-refractivity contribution in [3.63, 3.8) is 0 Å². The van der Waals surface area contributed by atoms with Gasteiger partial charge < -0.3 is 20.1 Å². The number of amides is 2. The summed E-state index contributed by atoms with van der Waals surface area (Å²) >= 11 is 0. The molecule has 2 aliphatic rings. The van der Waals surface area contributed by atoms with Gasteiger partial charge in [0.15, 0.2) is 0 Å². The fourth-order valence-corrected chi connectivity index (χ4v) is 5.19. The summed E-state index contributed by atoms with van der Waals surface area (Å²) in [5.74, 6) is 0.300. The van der Waals surface area contributed by atoms with Gasteiger partial charge in [0.25, 0.3) is 0 Å². The van der Waals surface area contributed by atoms with Gasteiger partial charge in [-0.1, -0.05) is 6.58 Å². The van der Waals surface area contributed by atoms with Gasteiger partial charge in [-0.25, -0.2) is 18.2 Å². The minimum absolute atomic E-state index is 0.0249. The molecule has 1 aromatic rings. The number of fused-ring (bicyclic) bond motifs is 1. The Morgan fingerprint density at radius 3 is 2.44 bits per heavy atom. The highest BCUT2D eigenvalue weighted by atomic mass is 32.2. The highest BCUT2D eigenvalue weighted by Crippen LogP contribution is 2.52. The number of alkyl carbamates (subject to hydrolysis) is 1. The average Bonchev–Trinajstić information content (AvgIpc) is 3.21. The van der Waals surface area contributed by atoms with Gasteiger partial charge in [-0.05, 0) is 44.2 Å². The summed E-state index contributed by atoms with van der Waals surface area (Å²) in [6, 6.07) is 2.92. The molecular formula is C21H30N4O6S. The van der Waals surface area contributed by atoms with Crippen molar-refractivity contribution in [3.05, 3.63) is 30.5 Å². The normalized spacial score (nSPS) is 22.6. The minimum Gasteiger partial charge on any atom is -0.473 e. The maximum atomic E-state index is 12.9. The fourth-order valence-electron chi connectivity index (χ4n) is 3.73. The molecule has 1 saturated carbocycles. The SMILES string of the molecule is C=C(CNC(=O)OC(C)(C)C)COc1ccc(S(=O)(=O)N2C[C@@H]3C(C(=O)NC)[C@@H]3C2)cn1. The second-order valence-electron chi connectivity index (χ2n) is 9.02. The minimum atomic E-state index is -3.67. The Morgan fingerprint density at radius 2 is 1.91 bits per heavy atom. The van der Waals surface area contributed by atoms with E-state index >= 15 is 0 Å². The van der Waals surface area contributed by atoms with E-state index in [0.717, 1.165) is 0 Å². The van der Waals surface area contributed by atoms with Crippen LogP contribution in [0, 0.1) is 17.8 Å². The van der Waals surface area contributed by atoms with Gasteiger partial charge in [0.2, 0.25) is 21.8 Å². The zero-order chi connectivity index (χ0) is 23.7. The van der Waals surface area contributed by atoms with Crippen molar-refractivity contribution >= 4 is 22.0 Å². The number of piperidine rings is 1. The molecule has 2 fully saturated rings. The van der Waals surface area contributed by atoms with E-state index in [9.17, 15) is 18.0 Å². The lowest BCUT2D eigenvalue weighted by molar-refractivity contribution is -0.122. The van der Waals surface area contributed by atoms with Gasteiger partial charge in [-0.15, -0.1) is 0 Å². The molecule has 2 heterocycles. The first-order valence-electron chi connectivity index (χ1n) is 10.4. The highest BCUT2D eigenvalue weighted by Gasteiger charge is 2.61. The van der Waals surface area contributed by atoms with Crippen LogP contribution in [0.2, 0.25) is 0 Å². The van der Waals surface area contributed by atoms with Gasteiger partial charge in [-0.2, -0.15) is 4.31 Å². The molecule has 0 bridgehead atoms. The summed E-state index contributed by atoms with van der Waals surface area (Å²) in [7, 11) is -2.08. The van der Waals surface area contributed by atoms with Crippen LogP contribution in [-0.4, -0.2) is 68.6 Å². The van der Waals surface area contributed by atoms with Crippen LogP contribution in [0.5, 0.6) is 5.88 Å². The van der Waals surface area contributed by atoms with Crippen LogP contribution >= 0.6 is 0 Å². The molecule has 2 amide bonds. The van der Waals surface area contributed by atoms with Crippen molar-refractivity contribution < 1.29 is 27.5 Å². The zero-order valence-electron chi connectivity index (χ0n) is 18.8. The predicted octanol–water partition coefficient (Wildman–Crippen LogP) is 1.15. The molecule has 0 aromatic carbocycles. The van der Waals surface area contributed by atoms with Gasteiger partial charge in [0, 0.05) is 38.7 Å². The number of aromatic nitrogens is 1. The molecule has 1 aliphatic carbocycles. The summed E-state index contributed by atoms with van der Waals surface area (Å²) < 4.78 is 37.8. The molecule has 0 radical (unpaired) electrons. The number of rotatable bonds is 8. The average molecular weight is 467 g/mol. The van der Waals surface area contributed by atoms with Crippen LogP contribution in [0.3, 0.4) is 0 Å². The maximum Gasteiger partial charge on any atom is 0.407 e. The van der Waals surface area contributed by atoms with Crippen molar-refractivity contribution in [2.45, 2.75) is 31.3 Å². The molecule has 1 aliphatic heterocycles. The van der Waals surface area contributed by atoms with Crippen LogP contribution in [-0.2, 0) is 19.6 Å². The highest BCUT2D eigenvalue weighted by molar-refractivity contribution is 7.89. The van der Waals surface area contributed by atoms with E-state index in [0.29, 0.717) is 18.7 Å². The number of nitrogens with one attached hydrogen (secondary N) is 2. The summed E-state index contributed by atoms with van der Waals surface area (Å²) in [6.07, 6.45) is 0.708. The topological polar surface area (TPSA) is 127 Å². The Balaban J connectivity index is 1.46. The Labute approximate surface area is 188 Å². The van der Waals surface area contributed by atoms with E-state index < -0.39 is 21.7 Å². The lowest BCUT2D eigenvalue weighted by Crippen LogP contribution is -2.34. The van der Waals surface area contributed by atoms with E-state index in [2.05, 4.69) is 22.2 Å². The molecule has 1 aromatic heterocycles. The van der Waals surface area contributed by atoms with Crippen LogP contribution in [0.15, 0.2) is 35.4 Å². The summed E-state index contributed by atoms with van der Waals surface area (Å²) in [4.78, 5) is 27.6. The zero-order valence-corrected chi connectivity index (χ0v) is 19.6. The lowest BCUT2D eigenvalue weighted by Gasteiger charge is -2.20. The van der Waals surface area contributed by atoms with Gasteiger partial charge in [0.1, 0.15) is 17.1 Å². The van der Waals surface area contributed by atoms with Crippen molar-refractivity contribution in [2.75, 3.05) is 33.3 Å². The third-order valence-corrected chi connectivity index (χ3v) is 7.18. The van der Waals surface area contributed by atoms with Gasteiger partial charge >= 0.3 is 6.09 Å². The lowest BCUT2D eigenvalue weighted by atomic mass is 10.2. The summed E-state index contributed by atoms with van der Waals surface area (Å²) in [5, 5.41) is 5.21. The maximum absolute atomic E-state index is 12.9. The third kappa shape index (κ3) is 5.57. The number of carbonyl (C=O) groups excluding carboxylic acids is 2. The number of ether oxygens (including phenoxy) is 2. The molecule has 2 N–H and O–H groups in total. The van der Waals surface area contributed by atoms with Gasteiger partial charge in [0.05, 0.1) is 6.20 Å². The molecule has 1 unspecified atom stereocenters. The molecule has 11 heteroatoms. The Morgan fingerprint density at radius 1 is 1.25 bits per heavy atom. The molecule has 3 rings (SSSR count). The number of pyridine rings is 1. The number of hydrogen-bond donors (Lipinski definition) is 2. The predicted molar refractivity (Wildman–Crippen MR) is 116 cm³/mol. The van der Waals surface area contributed by atoms with E-state index in [4.69, 9.17) is 9.47 Å². The molecular weight excluding hydrogens is 436 g/mol. The van der Waals surface area contributed by atoms with Crippen LogP contribution in [0.4, 0.5) is 4.79 Å². The largest absolute Gasteiger partial charge is 0.473 e. The summed E-state index contributed by atoms with van der Waals surface area (Å²) in [6.45, 7) is 10.1. The second kappa shape index (κ2) is 9.07. The monoisotopic (exact) mass is 466 g/mol. The van der Waals surface area contributed by atoms with E-state index in [-0.39, 0.29) is 47.6 Å². The number of hydrogen-bond acceptors (Lipinski definition) is 7. The standard InChI is InChI=1S/C21H30N4O6S/c1-13(8-24-20(27)31-21(2,3)4)12-30-17-7-6-14(9-23-17)32(28,29)25-10-15-16(11-25)18(15)19(26)22-5/h6-7,9,15-16,18H,1,8,10-12H2,2-5H3,(H,22,26)(H,24,27)/t15-,16+,18?. The van der Waals surface area contributed by atoms with Crippen molar-refractivity contribution in [1.82, 2.24) is 19.9 Å². The summed E-state index contributed by atoms with van der Waals surface area (Å²) in [5.41, 5.74) is 0.00580. The van der Waals surface area contributed by atoms with Crippen molar-refractivity contribution in [3.8, 4) is 5.88 Å². The Kier molecular flexibility index (Phi) is 6.80. The molecule has 3 atom stereocenters. The quantitative estimate of drug-likeness (QED) is 0.550. The van der Waals surface area contributed by atoms with Crippen molar-refractivity contribution in [1.29, 1.82) is 0 Å². The first kappa shape index (κ1) is 24.0. The molecule has 0 spiro atoms. The first-order valence-corrected chi connectivity index (χ1v) is 11.8. The van der Waals surface area contributed by atoms with Crippen LogP contribution in [0.25, 0.3) is 0 Å². The number of carbonyl (C=O) groups is 2. The van der Waals surface area contributed by atoms with Gasteiger partial charge in [-0.3, -0.25) is 4.79 Å². The molecule has 10 nitrogen and oxygen atoms in total. The van der Waals surface area contributed by atoms with E-state index in [1.807, 2.05) is 0 Å². The van der Waals surface area contributed by atoms with E-state index in [1.54, 1.807) is 27.8 Å².